The van der Waals surface area contributed by atoms with Gasteiger partial charge in [0, 0.05) is 55.6 Å². The van der Waals surface area contributed by atoms with E-state index < -0.39 is 21.7 Å². The lowest BCUT2D eigenvalue weighted by atomic mass is 10.0. The van der Waals surface area contributed by atoms with Crippen LogP contribution in [0.2, 0.25) is 0 Å². The van der Waals surface area contributed by atoms with Crippen LogP contribution in [-0.2, 0) is 17.1 Å². The molecule has 0 spiro atoms. The molecule has 32 heavy (non-hydrogen) atoms. The van der Waals surface area contributed by atoms with Gasteiger partial charge >= 0.3 is 0 Å². The van der Waals surface area contributed by atoms with E-state index in [-0.39, 0.29) is 22.7 Å². The van der Waals surface area contributed by atoms with Gasteiger partial charge in [-0.3, -0.25) is 9.52 Å². The zero-order valence-corrected chi connectivity index (χ0v) is 18.4. The highest BCUT2D eigenvalue weighted by Gasteiger charge is 2.16. The van der Waals surface area contributed by atoms with Crippen LogP contribution in [0.4, 0.5) is 20.2 Å². The molecule has 1 N–H and O–H groups in total. The molecule has 10 heteroatoms. The van der Waals surface area contributed by atoms with Crippen LogP contribution in [0.25, 0.3) is 11.1 Å². The summed E-state index contributed by atoms with van der Waals surface area (Å²) in [5, 5.41) is 0.765. The molecule has 1 heterocycles. The number of sulfonamides is 1. The smallest absolute Gasteiger partial charge is 0.273 e. The highest BCUT2D eigenvalue weighted by atomic mass is 32.2. The molecular formula is C22H21F2N3O4S. The Balaban J connectivity index is 2.20. The second kappa shape index (κ2) is 8.83. The van der Waals surface area contributed by atoms with Gasteiger partial charge in [0.25, 0.3) is 15.6 Å². The molecule has 0 radical (unpaired) electrons. The van der Waals surface area contributed by atoms with Crippen molar-refractivity contribution in [2.45, 2.75) is 0 Å². The quantitative estimate of drug-likeness (QED) is 0.574. The molecule has 0 bridgehead atoms. The highest BCUT2D eigenvalue weighted by molar-refractivity contribution is 7.95. The number of nitrogens with zero attached hydrogens (tertiary/aromatic N) is 2. The normalized spacial score (nSPS) is 11.2. The average Bonchev–Trinajstić information content (AvgIpc) is 2.72. The van der Waals surface area contributed by atoms with Gasteiger partial charge in [-0.1, -0.05) is 6.58 Å². The number of pyridine rings is 1. The van der Waals surface area contributed by atoms with E-state index in [1.807, 2.05) is 0 Å². The molecule has 0 aliphatic rings. The molecule has 7 nitrogen and oxygen atoms in total. The lowest BCUT2D eigenvalue weighted by Gasteiger charge is -2.18. The summed E-state index contributed by atoms with van der Waals surface area (Å²) in [5.41, 5.74) is 1.21. The van der Waals surface area contributed by atoms with Gasteiger partial charge in [0.2, 0.25) is 0 Å². The van der Waals surface area contributed by atoms with E-state index in [1.165, 1.54) is 22.8 Å². The lowest BCUT2D eigenvalue weighted by Crippen LogP contribution is -2.25. The second-order valence-electron chi connectivity index (χ2n) is 7.13. The van der Waals surface area contributed by atoms with E-state index in [9.17, 15) is 22.0 Å². The van der Waals surface area contributed by atoms with Crippen molar-refractivity contribution in [3.63, 3.8) is 0 Å². The van der Waals surface area contributed by atoms with Gasteiger partial charge in [-0.25, -0.2) is 17.2 Å². The Morgan fingerprint density at radius 2 is 1.78 bits per heavy atom. The first-order valence-electron chi connectivity index (χ1n) is 9.31. The Hall–Kier alpha value is -3.66. The number of hydrogen-bond donors (Lipinski definition) is 1. The summed E-state index contributed by atoms with van der Waals surface area (Å²) in [6.45, 7) is 3.26. The summed E-state index contributed by atoms with van der Waals surface area (Å²) in [4.78, 5) is 14.1. The standard InChI is InChI=1S/C22H21F2N3O4S/c1-5-32(29,30)25-16-7-9-20(31-21-8-6-15(23)11-18(21)24)17(12-16)14-10-19(26(2)3)22(28)27(4)13-14/h5-13,25H,1H2,2-4H3. The topological polar surface area (TPSA) is 80.6 Å². The summed E-state index contributed by atoms with van der Waals surface area (Å²) >= 11 is 0. The van der Waals surface area contributed by atoms with Crippen molar-refractivity contribution in [3.05, 3.63) is 82.6 Å². The fraction of sp³-hybridized carbons (Fsp3) is 0.136. The van der Waals surface area contributed by atoms with Crippen LogP contribution in [0.15, 0.2) is 65.4 Å². The minimum Gasteiger partial charge on any atom is -0.454 e. The third-order valence-corrected chi connectivity index (χ3v) is 5.49. The van der Waals surface area contributed by atoms with Crippen LogP contribution in [0.5, 0.6) is 11.5 Å². The molecular weight excluding hydrogens is 440 g/mol. The third kappa shape index (κ3) is 4.97. The number of nitrogens with one attached hydrogen (secondary N) is 1. The predicted molar refractivity (Wildman–Crippen MR) is 121 cm³/mol. The summed E-state index contributed by atoms with van der Waals surface area (Å²) in [5.74, 6) is -1.70. The number of ether oxygens (including phenoxy) is 1. The summed E-state index contributed by atoms with van der Waals surface area (Å²) in [6, 6.07) is 8.86. The lowest BCUT2D eigenvalue weighted by molar-refractivity contribution is 0.439. The fourth-order valence-corrected chi connectivity index (χ4v) is 3.49. The van der Waals surface area contributed by atoms with Crippen molar-refractivity contribution < 1.29 is 21.9 Å². The SMILES string of the molecule is C=CS(=O)(=O)Nc1ccc(Oc2ccc(F)cc2F)c(-c2cc(N(C)C)c(=O)n(C)c2)c1. The van der Waals surface area contributed by atoms with Gasteiger partial charge in [-0.15, -0.1) is 0 Å². The Bertz CT molecular complexity index is 1350. The number of anilines is 2. The van der Waals surface area contributed by atoms with E-state index in [4.69, 9.17) is 4.74 Å². The molecule has 0 fully saturated rings. The van der Waals surface area contributed by atoms with E-state index in [0.717, 1.165) is 17.5 Å². The summed E-state index contributed by atoms with van der Waals surface area (Å²) in [6.07, 6.45) is 1.55. The zero-order valence-electron chi connectivity index (χ0n) is 17.6. The molecule has 0 aliphatic heterocycles. The molecule has 0 saturated heterocycles. The monoisotopic (exact) mass is 461 g/mol. The molecule has 0 unspecified atom stereocenters. The van der Waals surface area contributed by atoms with Crippen molar-refractivity contribution in [3.8, 4) is 22.6 Å². The van der Waals surface area contributed by atoms with Crippen LogP contribution >= 0.6 is 0 Å². The Morgan fingerprint density at radius 3 is 2.41 bits per heavy atom. The summed E-state index contributed by atoms with van der Waals surface area (Å²) < 4.78 is 60.7. The third-order valence-electron chi connectivity index (χ3n) is 4.53. The zero-order chi connectivity index (χ0) is 23.6. The van der Waals surface area contributed by atoms with Gasteiger partial charge in [-0.2, -0.15) is 0 Å². The number of benzene rings is 2. The largest absolute Gasteiger partial charge is 0.454 e. The molecule has 3 aromatic rings. The Morgan fingerprint density at radius 1 is 1.09 bits per heavy atom. The molecule has 0 atom stereocenters. The van der Waals surface area contributed by atoms with Gasteiger partial charge < -0.3 is 14.2 Å². The molecule has 0 aliphatic carbocycles. The Kier molecular flexibility index (Phi) is 6.35. The van der Waals surface area contributed by atoms with Crippen molar-refractivity contribution in [2.24, 2.45) is 7.05 Å². The first-order valence-corrected chi connectivity index (χ1v) is 10.9. The molecule has 0 saturated carbocycles. The first kappa shape index (κ1) is 23.0. The van der Waals surface area contributed by atoms with Crippen LogP contribution in [-0.4, -0.2) is 27.1 Å². The average molecular weight is 461 g/mol. The van der Waals surface area contributed by atoms with Crippen LogP contribution in [0.1, 0.15) is 0 Å². The Labute approximate surface area is 184 Å². The van der Waals surface area contributed by atoms with Crippen molar-refractivity contribution in [1.29, 1.82) is 0 Å². The number of aryl methyl sites for hydroxylation is 1. The van der Waals surface area contributed by atoms with E-state index in [0.29, 0.717) is 22.9 Å². The van der Waals surface area contributed by atoms with Gasteiger partial charge in [0.1, 0.15) is 17.3 Å². The maximum Gasteiger partial charge on any atom is 0.273 e. The first-order chi connectivity index (χ1) is 15.0. The predicted octanol–water partition coefficient (Wildman–Crippen LogP) is 4.07. The van der Waals surface area contributed by atoms with E-state index >= 15 is 0 Å². The van der Waals surface area contributed by atoms with Gasteiger partial charge in [0.05, 0.1) is 0 Å². The number of aromatic nitrogens is 1. The fourth-order valence-electron chi connectivity index (χ4n) is 2.95. The molecule has 168 valence electrons. The molecule has 0 amide bonds. The maximum absolute atomic E-state index is 14.2. The highest BCUT2D eigenvalue weighted by Crippen LogP contribution is 2.37. The van der Waals surface area contributed by atoms with Crippen molar-refractivity contribution >= 4 is 21.4 Å². The number of halogens is 2. The van der Waals surface area contributed by atoms with Gasteiger partial charge in [0.15, 0.2) is 11.6 Å². The van der Waals surface area contributed by atoms with E-state index in [2.05, 4.69) is 11.3 Å². The minimum atomic E-state index is -3.78. The number of hydrogen-bond acceptors (Lipinski definition) is 5. The van der Waals surface area contributed by atoms with Crippen LogP contribution in [0.3, 0.4) is 0 Å². The van der Waals surface area contributed by atoms with Crippen molar-refractivity contribution in [2.75, 3.05) is 23.7 Å². The number of rotatable bonds is 7. The van der Waals surface area contributed by atoms with E-state index in [1.54, 1.807) is 38.3 Å². The van der Waals surface area contributed by atoms with Crippen LogP contribution in [0, 0.1) is 11.6 Å². The molecule has 3 rings (SSSR count). The second-order valence-corrected chi connectivity index (χ2v) is 8.75. The summed E-state index contributed by atoms with van der Waals surface area (Å²) in [7, 11) is 1.21. The van der Waals surface area contributed by atoms with Gasteiger partial charge in [-0.05, 0) is 36.4 Å². The maximum atomic E-state index is 14.2. The van der Waals surface area contributed by atoms with Crippen LogP contribution < -0.4 is 19.9 Å². The molecule has 1 aromatic heterocycles. The molecule has 2 aromatic carbocycles. The minimum absolute atomic E-state index is 0.167. The van der Waals surface area contributed by atoms with Crippen molar-refractivity contribution in [1.82, 2.24) is 4.57 Å².